The zero-order valence-electron chi connectivity index (χ0n) is 11.0. The molecule has 0 spiro atoms. The van der Waals surface area contributed by atoms with Crippen LogP contribution < -0.4 is 0 Å². The lowest BCUT2D eigenvalue weighted by atomic mass is 10.1. The Bertz CT molecular complexity index is 527. The molecular formula is C14H19BrO3S. The predicted octanol–water partition coefficient (Wildman–Crippen LogP) is 2.97. The summed E-state index contributed by atoms with van der Waals surface area (Å²) in [5.74, 6) is 0.243. The van der Waals surface area contributed by atoms with E-state index in [-0.39, 0.29) is 17.1 Å². The Morgan fingerprint density at radius 3 is 2.74 bits per heavy atom. The monoisotopic (exact) mass is 346 g/mol. The van der Waals surface area contributed by atoms with Crippen LogP contribution in [0, 0.1) is 0 Å². The van der Waals surface area contributed by atoms with Crippen LogP contribution >= 0.6 is 15.9 Å². The van der Waals surface area contributed by atoms with Gasteiger partial charge in [-0.2, -0.15) is 0 Å². The van der Waals surface area contributed by atoms with Gasteiger partial charge in [-0.05, 0) is 37.8 Å². The van der Waals surface area contributed by atoms with Crippen molar-refractivity contribution in [2.45, 2.75) is 37.5 Å². The lowest BCUT2D eigenvalue weighted by Crippen LogP contribution is -2.30. The molecule has 1 saturated heterocycles. The molecule has 2 atom stereocenters. The standard InChI is InChI=1S/C14H19BrO3S/c1-11-14(8-9-18-11)19(16,17)10-4-6-12-5-2-3-7-13(12)15/h2-3,5,7,11,14H,4,6,8-10H2,1H3/t11-,14+/m0/s1. The van der Waals surface area contributed by atoms with Crippen molar-refractivity contribution in [3.8, 4) is 0 Å². The average molecular weight is 347 g/mol. The number of halogens is 1. The first-order valence-corrected chi connectivity index (χ1v) is 9.08. The van der Waals surface area contributed by atoms with Crippen LogP contribution in [0.25, 0.3) is 0 Å². The molecule has 0 bridgehead atoms. The van der Waals surface area contributed by atoms with Crippen LogP contribution in [0.5, 0.6) is 0 Å². The van der Waals surface area contributed by atoms with Crippen LogP contribution in [0.2, 0.25) is 0 Å². The summed E-state index contributed by atoms with van der Waals surface area (Å²) in [6, 6.07) is 7.94. The third-order valence-corrected chi connectivity index (χ3v) is 6.77. The van der Waals surface area contributed by atoms with Crippen LogP contribution in [0.4, 0.5) is 0 Å². The molecule has 19 heavy (non-hydrogen) atoms. The smallest absolute Gasteiger partial charge is 0.155 e. The highest BCUT2D eigenvalue weighted by Gasteiger charge is 2.35. The number of ether oxygens (including phenoxy) is 1. The van der Waals surface area contributed by atoms with Gasteiger partial charge in [0, 0.05) is 11.1 Å². The van der Waals surface area contributed by atoms with Gasteiger partial charge in [-0.3, -0.25) is 0 Å². The summed E-state index contributed by atoms with van der Waals surface area (Å²) in [4.78, 5) is 0. The Hall–Kier alpha value is -0.390. The number of benzene rings is 1. The Labute approximate surface area is 123 Å². The number of aryl methyl sites for hydroxylation is 1. The molecule has 1 heterocycles. The molecule has 1 aliphatic heterocycles. The van der Waals surface area contributed by atoms with Crippen molar-refractivity contribution in [1.29, 1.82) is 0 Å². The van der Waals surface area contributed by atoms with Crippen LogP contribution in [-0.4, -0.2) is 32.1 Å². The van der Waals surface area contributed by atoms with E-state index < -0.39 is 9.84 Å². The molecule has 0 saturated carbocycles. The van der Waals surface area contributed by atoms with E-state index in [1.54, 1.807) is 0 Å². The second-order valence-corrected chi connectivity index (χ2v) is 8.16. The van der Waals surface area contributed by atoms with Gasteiger partial charge in [0.15, 0.2) is 9.84 Å². The third-order valence-electron chi connectivity index (χ3n) is 3.60. The maximum absolute atomic E-state index is 12.2. The lowest BCUT2D eigenvalue weighted by Gasteiger charge is -2.15. The van der Waals surface area contributed by atoms with Gasteiger partial charge in [-0.25, -0.2) is 8.42 Å². The predicted molar refractivity (Wildman–Crippen MR) is 80.1 cm³/mol. The maximum Gasteiger partial charge on any atom is 0.155 e. The summed E-state index contributed by atoms with van der Waals surface area (Å²) in [6.07, 6.45) is 1.92. The number of sulfone groups is 1. The first kappa shape index (κ1) is 15.0. The van der Waals surface area contributed by atoms with Gasteiger partial charge in [0.2, 0.25) is 0 Å². The first-order valence-electron chi connectivity index (χ1n) is 6.57. The summed E-state index contributed by atoms with van der Waals surface area (Å²) in [5, 5.41) is -0.313. The van der Waals surface area contributed by atoms with E-state index in [9.17, 15) is 8.42 Å². The molecule has 1 aromatic rings. The molecule has 5 heteroatoms. The van der Waals surface area contributed by atoms with Crippen LogP contribution in [0.15, 0.2) is 28.7 Å². The van der Waals surface area contributed by atoms with Gasteiger partial charge < -0.3 is 4.74 Å². The number of hydrogen-bond donors (Lipinski definition) is 0. The molecule has 0 amide bonds. The van der Waals surface area contributed by atoms with Crippen molar-refractivity contribution >= 4 is 25.8 Å². The molecule has 0 unspecified atom stereocenters. The summed E-state index contributed by atoms with van der Waals surface area (Å²) in [5.41, 5.74) is 1.16. The van der Waals surface area contributed by atoms with Gasteiger partial charge in [0.05, 0.1) is 17.1 Å². The van der Waals surface area contributed by atoms with Crippen molar-refractivity contribution < 1.29 is 13.2 Å². The minimum atomic E-state index is -3.03. The van der Waals surface area contributed by atoms with Gasteiger partial charge >= 0.3 is 0 Å². The second-order valence-electron chi connectivity index (χ2n) is 4.96. The second kappa shape index (κ2) is 6.37. The minimum Gasteiger partial charge on any atom is -0.377 e. The molecule has 0 radical (unpaired) electrons. The normalized spacial score (nSPS) is 23.7. The molecule has 1 aromatic carbocycles. The minimum absolute atomic E-state index is 0.159. The Morgan fingerprint density at radius 1 is 1.37 bits per heavy atom. The van der Waals surface area contributed by atoms with Crippen LogP contribution in [0.1, 0.15) is 25.3 Å². The first-order chi connectivity index (χ1) is 9.00. The summed E-state index contributed by atoms with van der Waals surface area (Å²) >= 11 is 3.48. The number of hydrogen-bond acceptors (Lipinski definition) is 3. The molecule has 0 aromatic heterocycles. The van der Waals surface area contributed by atoms with Crippen molar-refractivity contribution in [3.63, 3.8) is 0 Å². The van der Waals surface area contributed by atoms with E-state index >= 15 is 0 Å². The number of rotatable bonds is 5. The largest absolute Gasteiger partial charge is 0.377 e. The average Bonchev–Trinajstić information content (AvgIpc) is 2.79. The van der Waals surface area contributed by atoms with Crippen molar-refractivity contribution in [3.05, 3.63) is 34.3 Å². The SMILES string of the molecule is C[C@@H]1OCC[C@H]1S(=O)(=O)CCCc1ccccc1Br. The van der Waals surface area contributed by atoms with E-state index in [1.807, 2.05) is 31.2 Å². The molecule has 1 aliphatic rings. The fraction of sp³-hybridized carbons (Fsp3) is 0.571. The van der Waals surface area contributed by atoms with E-state index in [2.05, 4.69) is 15.9 Å². The molecule has 2 rings (SSSR count). The zero-order chi connectivity index (χ0) is 13.9. The Balaban J connectivity index is 1.90. The van der Waals surface area contributed by atoms with Crippen molar-refractivity contribution in [2.75, 3.05) is 12.4 Å². The summed E-state index contributed by atoms with van der Waals surface area (Å²) in [7, 11) is -3.03. The molecule has 3 nitrogen and oxygen atoms in total. The molecule has 0 N–H and O–H groups in total. The van der Waals surface area contributed by atoms with Gasteiger partial charge in [0.25, 0.3) is 0 Å². The summed E-state index contributed by atoms with van der Waals surface area (Å²) in [6.45, 7) is 2.41. The van der Waals surface area contributed by atoms with Crippen molar-refractivity contribution in [2.24, 2.45) is 0 Å². The van der Waals surface area contributed by atoms with E-state index in [0.717, 1.165) is 16.5 Å². The summed E-state index contributed by atoms with van der Waals surface area (Å²) < 4.78 is 30.8. The van der Waals surface area contributed by atoms with E-state index in [4.69, 9.17) is 4.74 Å². The van der Waals surface area contributed by atoms with Gasteiger partial charge in [-0.15, -0.1) is 0 Å². The maximum atomic E-state index is 12.2. The molecular weight excluding hydrogens is 328 g/mol. The van der Waals surface area contributed by atoms with E-state index in [0.29, 0.717) is 19.4 Å². The quantitative estimate of drug-likeness (QED) is 0.823. The molecule has 1 fully saturated rings. The zero-order valence-corrected chi connectivity index (χ0v) is 13.4. The van der Waals surface area contributed by atoms with Crippen LogP contribution in [-0.2, 0) is 21.0 Å². The highest BCUT2D eigenvalue weighted by atomic mass is 79.9. The fourth-order valence-electron chi connectivity index (χ4n) is 2.50. The lowest BCUT2D eigenvalue weighted by molar-refractivity contribution is 0.126. The topological polar surface area (TPSA) is 43.4 Å². The molecule has 106 valence electrons. The van der Waals surface area contributed by atoms with Gasteiger partial charge in [-0.1, -0.05) is 34.1 Å². The van der Waals surface area contributed by atoms with Crippen molar-refractivity contribution in [1.82, 2.24) is 0 Å². The fourth-order valence-corrected chi connectivity index (χ4v) is 4.95. The van der Waals surface area contributed by atoms with Crippen LogP contribution in [0.3, 0.4) is 0 Å². The Morgan fingerprint density at radius 2 is 2.11 bits per heavy atom. The van der Waals surface area contributed by atoms with E-state index in [1.165, 1.54) is 0 Å². The molecule has 0 aliphatic carbocycles. The third kappa shape index (κ3) is 3.80. The highest BCUT2D eigenvalue weighted by Crippen LogP contribution is 2.23. The highest BCUT2D eigenvalue weighted by molar-refractivity contribution is 9.10. The Kier molecular flexibility index (Phi) is 5.03. The van der Waals surface area contributed by atoms with Gasteiger partial charge in [0.1, 0.15) is 0 Å².